The molecular weight excluding hydrogens is 110 g/mol. The maximum Gasteiger partial charge on any atom is 0.0275 e. The standard InChI is InChI=1S/C8H13N/c1-8(2)5-3-4-7(9)6-8/h3-4,6H,5,9H2,1-2H3. The molecule has 0 aromatic rings. The van der Waals surface area contributed by atoms with E-state index in [2.05, 4.69) is 26.0 Å². The Kier molecular flexibility index (Phi) is 1.35. The van der Waals surface area contributed by atoms with Crippen molar-refractivity contribution in [2.45, 2.75) is 20.3 Å². The van der Waals surface area contributed by atoms with Gasteiger partial charge in [0.25, 0.3) is 0 Å². The highest BCUT2D eigenvalue weighted by atomic mass is 14.6. The van der Waals surface area contributed by atoms with Gasteiger partial charge in [-0.2, -0.15) is 0 Å². The molecule has 9 heavy (non-hydrogen) atoms. The first kappa shape index (κ1) is 6.40. The molecule has 0 aliphatic heterocycles. The van der Waals surface area contributed by atoms with E-state index in [9.17, 15) is 0 Å². The zero-order valence-electron chi connectivity index (χ0n) is 6.02. The average molecular weight is 123 g/mol. The Hall–Kier alpha value is -0.720. The van der Waals surface area contributed by atoms with E-state index >= 15 is 0 Å². The lowest BCUT2D eigenvalue weighted by Crippen LogP contribution is -2.12. The summed E-state index contributed by atoms with van der Waals surface area (Å²) in [6, 6.07) is 0. The molecule has 0 saturated heterocycles. The van der Waals surface area contributed by atoms with Crippen LogP contribution in [0.3, 0.4) is 0 Å². The molecule has 2 N–H and O–H groups in total. The van der Waals surface area contributed by atoms with Gasteiger partial charge in [0, 0.05) is 5.70 Å². The minimum absolute atomic E-state index is 0.277. The third-order valence-electron chi connectivity index (χ3n) is 1.51. The summed E-state index contributed by atoms with van der Waals surface area (Å²) in [5.41, 5.74) is 6.76. The van der Waals surface area contributed by atoms with Crippen molar-refractivity contribution < 1.29 is 0 Å². The van der Waals surface area contributed by atoms with Crippen LogP contribution < -0.4 is 5.73 Å². The normalized spacial score (nSPS) is 23.6. The SMILES string of the molecule is CC1(C)C=C(N)C=CC1. The summed E-state index contributed by atoms with van der Waals surface area (Å²) in [7, 11) is 0. The van der Waals surface area contributed by atoms with Crippen LogP contribution >= 0.6 is 0 Å². The van der Waals surface area contributed by atoms with Crippen molar-refractivity contribution in [3.8, 4) is 0 Å². The topological polar surface area (TPSA) is 26.0 Å². The maximum atomic E-state index is 5.58. The Bertz CT molecular complexity index is 163. The van der Waals surface area contributed by atoms with Gasteiger partial charge < -0.3 is 5.73 Å². The Labute approximate surface area is 56.2 Å². The van der Waals surface area contributed by atoms with Crippen molar-refractivity contribution in [1.82, 2.24) is 0 Å². The van der Waals surface area contributed by atoms with Crippen LogP contribution in [-0.2, 0) is 0 Å². The molecule has 1 nitrogen and oxygen atoms in total. The number of nitrogens with two attached hydrogens (primary N) is 1. The molecule has 1 heteroatoms. The zero-order valence-corrected chi connectivity index (χ0v) is 6.02. The lowest BCUT2D eigenvalue weighted by atomic mass is 9.85. The first-order chi connectivity index (χ1) is 4.10. The van der Waals surface area contributed by atoms with Crippen LogP contribution in [0.4, 0.5) is 0 Å². The number of allylic oxidation sites excluding steroid dienone is 3. The van der Waals surface area contributed by atoms with Crippen molar-refractivity contribution >= 4 is 0 Å². The fourth-order valence-electron chi connectivity index (χ4n) is 1.06. The van der Waals surface area contributed by atoms with Gasteiger partial charge in [-0.05, 0) is 17.9 Å². The molecule has 0 unspecified atom stereocenters. The van der Waals surface area contributed by atoms with E-state index in [1.165, 1.54) is 0 Å². The van der Waals surface area contributed by atoms with Crippen molar-refractivity contribution in [1.29, 1.82) is 0 Å². The molecule has 0 radical (unpaired) electrons. The van der Waals surface area contributed by atoms with Crippen LogP contribution in [0.15, 0.2) is 23.9 Å². The van der Waals surface area contributed by atoms with Gasteiger partial charge in [0.2, 0.25) is 0 Å². The molecule has 0 amide bonds. The van der Waals surface area contributed by atoms with E-state index in [0.717, 1.165) is 12.1 Å². The van der Waals surface area contributed by atoms with E-state index in [0.29, 0.717) is 0 Å². The van der Waals surface area contributed by atoms with Crippen molar-refractivity contribution in [3.05, 3.63) is 23.9 Å². The lowest BCUT2D eigenvalue weighted by Gasteiger charge is -2.21. The largest absolute Gasteiger partial charge is 0.399 e. The maximum absolute atomic E-state index is 5.58. The van der Waals surface area contributed by atoms with E-state index in [4.69, 9.17) is 5.73 Å². The predicted molar refractivity (Wildman–Crippen MR) is 39.8 cm³/mol. The first-order valence-electron chi connectivity index (χ1n) is 3.25. The highest BCUT2D eigenvalue weighted by Gasteiger charge is 2.14. The summed E-state index contributed by atoms with van der Waals surface area (Å²) in [5, 5.41) is 0. The fourth-order valence-corrected chi connectivity index (χ4v) is 1.06. The van der Waals surface area contributed by atoms with Gasteiger partial charge in [0.05, 0.1) is 0 Å². The molecule has 0 aromatic heterocycles. The Balaban J connectivity index is 2.78. The highest BCUT2D eigenvalue weighted by molar-refractivity contribution is 5.22. The summed E-state index contributed by atoms with van der Waals surface area (Å²) < 4.78 is 0. The van der Waals surface area contributed by atoms with Crippen molar-refractivity contribution in [2.75, 3.05) is 0 Å². The number of rotatable bonds is 0. The van der Waals surface area contributed by atoms with Gasteiger partial charge in [-0.1, -0.05) is 26.0 Å². The molecule has 0 heterocycles. The van der Waals surface area contributed by atoms with Crippen LogP contribution in [0, 0.1) is 5.41 Å². The Morgan fingerprint density at radius 1 is 1.56 bits per heavy atom. The van der Waals surface area contributed by atoms with Crippen LogP contribution in [0.25, 0.3) is 0 Å². The molecule has 0 atom stereocenters. The van der Waals surface area contributed by atoms with Gasteiger partial charge in [-0.25, -0.2) is 0 Å². The summed E-state index contributed by atoms with van der Waals surface area (Å²) in [4.78, 5) is 0. The summed E-state index contributed by atoms with van der Waals surface area (Å²) in [6.07, 6.45) is 7.29. The summed E-state index contributed by atoms with van der Waals surface area (Å²) in [5.74, 6) is 0. The smallest absolute Gasteiger partial charge is 0.0275 e. The van der Waals surface area contributed by atoms with Gasteiger partial charge in [0.1, 0.15) is 0 Å². The Morgan fingerprint density at radius 3 is 2.56 bits per heavy atom. The minimum atomic E-state index is 0.277. The summed E-state index contributed by atoms with van der Waals surface area (Å²) >= 11 is 0. The van der Waals surface area contributed by atoms with E-state index in [1.807, 2.05) is 6.08 Å². The third-order valence-corrected chi connectivity index (χ3v) is 1.51. The van der Waals surface area contributed by atoms with Gasteiger partial charge in [-0.3, -0.25) is 0 Å². The van der Waals surface area contributed by atoms with Gasteiger partial charge in [-0.15, -0.1) is 0 Å². The monoisotopic (exact) mass is 123 g/mol. The second kappa shape index (κ2) is 1.90. The minimum Gasteiger partial charge on any atom is -0.399 e. The molecule has 1 rings (SSSR count). The van der Waals surface area contributed by atoms with Crippen LogP contribution in [-0.4, -0.2) is 0 Å². The molecule has 0 spiro atoms. The van der Waals surface area contributed by atoms with Gasteiger partial charge >= 0.3 is 0 Å². The quantitative estimate of drug-likeness (QED) is 0.522. The predicted octanol–water partition coefficient (Wildman–Crippen LogP) is 1.82. The van der Waals surface area contributed by atoms with E-state index in [1.54, 1.807) is 0 Å². The molecule has 0 bridgehead atoms. The van der Waals surface area contributed by atoms with E-state index < -0.39 is 0 Å². The number of hydrogen-bond donors (Lipinski definition) is 1. The highest BCUT2D eigenvalue weighted by Crippen LogP contribution is 2.26. The second-order valence-corrected chi connectivity index (χ2v) is 3.24. The molecule has 0 fully saturated rings. The molecular formula is C8H13N. The first-order valence-corrected chi connectivity index (χ1v) is 3.25. The van der Waals surface area contributed by atoms with Crippen LogP contribution in [0.2, 0.25) is 0 Å². The average Bonchev–Trinajstić information content (AvgIpc) is 1.60. The number of hydrogen-bond acceptors (Lipinski definition) is 1. The molecule has 1 aliphatic carbocycles. The second-order valence-electron chi connectivity index (χ2n) is 3.24. The molecule has 0 saturated carbocycles. The van der Waals surface area contributed by atoms with Crippen molar-refractivity contribution in [2.24, 2.45) is 11.1 Å². The molecule has 1 aliphatic rings. The summed E-state index contributed by atoms with van der Waals surface area (Å²) in [6.45, 7) is 4.37. The molecule has 0 aromatic carbocycles. The van der Waals surface area contributed by atoms with Crippen LogP contribution in [0.1, 0.15) is 20.3 Å². The third kappa shape index (κ3) is 1.60. The molecule has 50 valence electrons. The lowest BCUT2D eigenvalue weighted by molar-refractivity contribution is 0.480. The zero-order chi connectivity index (χ0) is 6.91. The van der Waals surface area contributed by atoms with E-state index in [-0.39, 0.29) is 5.41 Å². The Morgan fingerprint density at radius 2 is 2.22 bits per heavy atom. The fraction of sp³-hybridized carbons (Fsp3) is 0.500. The van der Waals surface area contributed by atoms with Crippen LogP contribution in [0.5, 0.6) is 0 Å². The van der Waals surface area contributed by atoms with Crippen molar-refractivity contribution in [3.63, 3.8) is 0 Å². The van der Waals surface area contributed by atoms with Gasteiger partial charge in [0.15, 0.2) is 0 Å².